The van der Waals surface area contributed by atoms with Crippen LogP contribution in [-0.4, -0.2) is 141 Å². The molecule has 15 nitrogen and oxygen atoms in total. The Hall–Kier alpha value is -5.05. The quantitative estimate of drug-likeness (QED) is 0.271. The molecule has 6 heterocycles. The number of ether oxygens (including phenoxy) is 2. The summed E-state index contributed by atoms with van der Waals surface area (Å²) in [5.74, 6) is -6.60. The molecule has 1 aromatic heterocycles. The van der Waals surface area contributed by atoms with Crippen molar-refractivity contribution in [2.75, 3.05) is 52.5 Å². The number of alkyl halides is 6. The topological polar surface area (TPSA) is 192 Å². The molecule has 7 fully saturated rings. The summed E-state index contributed by atoms with van der Waals surface area (Å²) in [6, 6.07) is 1.25. The fourth-order valence-electron chi connectivity index (χ4n) is 10.2. The molecule has 7 aliphatic rings. The van der Waals surface area contributed by atoms with Gasteiger partial charge in [0, 0.05) is 50.1 Å². The lowest BCUT2D eigenvalue weighted by Crippen LogP contribution is -2.67. The van der Waals surface area contributed by atoms with Gasteiger partial charge in [0.2, 0.25) is 23.6 Å². The second-order valence-corrected chi connectivity index (χ2v) is 18.3. The van der Waals surface area contributed by atoms with Gasteiger partial charge in [-0.15, -0.1) is 0 Å². The molecule has 4 amide bonds. The van der Waals surface area contributed by atoms with Gasteiger partial charge in [0.05, 0.1) is 54.9 Å². The number of carbonyl (C=O) groups is 5. The molecular weight excluding hydrogens is 846 g/mol. The normalized spacial score (nSPS) is 26.2. The third-order valence-corrected chi connectivity index (χ3v) is 14.3. The van der Waals surface area contributed by atoms with Crippen LogP contribution in [-0.2, 0) is 30.0 Å². The van der Waals surface area contributed by atoms with Crippen LogP contribution in [0.4, 0.5) is 26.3 Å². The van der Waals surface area contributed by atoms with Crippen molar-refractivity contribution in [3.63, 3.8) is 0 Å². The van der Waals surface area contributed by atoms with Crippen molar-refractivity contribution in [3.8, 4) is 5.88 Å². The number of aromatic nitrogens is 2. The van der Waals surface area contributed by atoms with Crippen molar-refractivity contribution in [3.05, 3.63) is 53.0 Å². The Labute approximate surface area is 357 Å². The van der Waals surface area contributed by atoms with Gasteiger partial charge in [-0.1, -0.05) is 6.07 Å². The smallest absolute Gasteiger partial charge is 0.416 e. The Morgan fingerprint density at radius 2 is 1.59 bits per heavy atom. The molecule has 2 aromatic rings. The maximum Gasteiger partial charge on any atom is 0.416 e. The molecule has 342 valence electrons. The third-order valence-electron chi connectivity index (χ3n) is 14.3. The Balaban J connectivity index is 1.03. The Bertz CT molecular complexity index is 2110. The van der Waals surface area contributed by atoms with Crippen LogP contribution in [0.5, 0.6) is 5.88 Å². The monoisotopic (exact) mass is 894 g/mol. The van der Waals surface area contributed by atoms with Crippen molar-refractivity contribution >= 4 is 29.6 Å². The highest BCUT2D eigenvalue weighted by atomic mass is 19.4. The van der Waals surface area contributed by atoms with Gasteiger partial charge >= 0.3 is 18.3 Å². The number of carbonyl (C=O) groups excluding carboxylic acids is 4. The van der Waals surface area contributed by atoms with Crippen LogP contribution in [0.1, 0.15) is 96.2 Å². The summed E-state index contributed by atoms with van der Waals surface area (Å²) in [6.07, 6.45) is -5.21. The molecule has 1 aromatic carbocycles. The van der Waals surface area contributed by atoms with Crippen molar-refractivity contribution in [1.29, 1.82) is 0 Å². The Morgan fingerprint density at radius 3 is 2.14 bits per heavy atom. The van der Waals surface area contributed by atoms with E-state index in [1.54, 1.807) is 6.92 Å². The summed E-state index contributed by atoms with van der Waals surface area (Å²) in [7, 11) is 0. The van der Waals surface area contributed by atoms with Crippen LogP contribution in [0.15, 0.2) is 30.6 Å². The maximum atomic E-state index is 14.6. The number of benzene rings is 1. The number of aromatic carboxylic acids is 1. The third kappa shape index (κ3) is 8.42. The number of carboxylic acid groups (broad SMARTS) is 1. The van der Waals surface area contributed by atoms with Gasteiger partial charge in [-0.05, 0) is 81.9 Å². The number of fused-ring (bicyclic) bond motifs is 3. The van der Waals surface area contributed by atoms with Gasteiger partial charge < -0.3 is 39.7 Å². The summed E-state index contributed by atoms with van der Waals surface area (Å²) in [6.45, 7) is 1.51. The number of likely N-dealkylation sites (tertiary alicyclic amines) is 3. The predicted molar refractivity (Wildman–Crippen MR) is 205 cm³/mol. The van der Waals surface area contributed by atoms with Crippen LogP contribution < -0.4 is 5.32 Å². The predicted octanol–water partition coefficient (Wildman–Crippen LogP) is 4.40. The molecule has 0 radical (unpaired) electrons. The van der Waals surface area contributed by atoms with Gasteiger partial charge in [0.1, 0.15) is 17.2 Å². The molecule has 5 aliphatic heterocycles. The van der Waals surface area contributed by atoms with E-state index < -0.39 is 93.8 Å². The average molecular weight is 895 g/mol. The van der Waals surface area contributed by atoms with Crippen molar-refractivity contribution in [2.24, 2.45) is 22.2 Å². The number of amides is 4. The van der Waals surface area contributed by atoms with E-state index in [2.05, 4.69) is 15.3 Å². The summed E-state index contributed by atoms with van der Waals surface area (Å²) in [5.41, 5.74) is -5.55. The molecule has 3 N–H and O–H groups in total. The van der Waals surface area contributed by atoms with E-state index in [9.17, 15) is 60.5 Å². The van der Waals surface area contributed by atoms with E-state index in [1.165, 1.54) is 9.80 Å². The molecule has 21 heteroatoms. The molecular formula is C42H48F6N6O9. The van der Waals surface area contributed by atoms with E-state index in [4.69, 9.17) is 9.47 Å². The highest BCUT2D eigenvalue weighted by Gasteiger charge is 2.72. The summed E-state index contributed by atoms with van der Waals surface area (Å²) < 4.78 is 94.7. The summed E-state index contributed by atoms with van der Waals surface area (Å²) in [4.78, 5) is 79.7. The Morgan fingerprint density at radius 1 is 0.921 bits per heavy atom. The number of aromatic hydroxyl groups is 1. The minimum Gasteiger partial charge on any atom is -0.492 e. The number of nitrogens with one attached hydrogen (secondary N) is 1. The second kappa shape index (κ2) is 16.2. The first kappa shape index (κ1) is 44.6. The molecule has 2 bridgehead atoms. The molecule has 2 saturated carbocycles. The number of nitrogens with zero attached hydrogens (tertiary/aromatic N) is 5. The van der Waals surface area contributed by atoms with Crippen molar-refractivity contribution < 1.29 is 70.0 Å². The van der Waals surface area contributed by atoms with Crippen LogP contribution in [0.2, 0.25) is 0 Å². The standard InChI is InChI=1S/C42H48F6N6O9/c1-23(62-21-38-8-4-26(5-9-38)63-22-38)32(35(58)52-12-6-24(7-13-52)27-3-2-25(41(43,44)45)14-28(27)36(59)60)51-33(56)29-17-53(34(57)30-15-50-31(55)16-49-30)18-39(29)19-54(20-39)37(61)40(10-11-40)42(46,47)48/h2-3,14-16,23-24,26,29,32H,4-13,17-22H2,1H3,(H,50,55)(H,51,56)(H,59,60)/t23-,26?,29+,32+,38?/m1/s1. The fourth-order valence-corrected chi connectivity index (χ4v) is 10.2. The number of hydrogen-bond acceptors (Lipinski definition) is 10. The molecule has 5 saturated heterocycles. The summed E-state index contributed by atoms with van der Waals surface area (Å²) >= 11 is 0. The van der Waals surface area contributed by atoms with Crippen LogP contribution >= 0.6 is 0 Å². The fraction of sp³-hybridized carbons (Fsp3) is 0.643. The number of piperidine rings is 1. The van der Waals surface area contributed by atoms with Gasteiger partial charge in [-0.3, -0.25) is 19.2 Å². The minimum absolute atomic E-state index is 0.0587. The first-order valence-corrected chi connectivity index (χ1v) is 21.1. The number of hydrogen-bond donors (Lipinski definition) is 3. The zero-order valence-corrected chi connectivity index (χ0v) is 34.3. The van der Waals surface area contributed by atoms with Gasteiger partial charge in [0.15, 0.2) is 0 Å². The molecule has 2 aliphatic carbocycles. The van der Waals surface area contributed by atoms with E-state index in [1.807, 2.05) is 0 Å². The zero-order chi connectivity index (χ0) is 45.3. The van der Waals surface area contributed by atoms with Crippen molar-refractivity contribution in [1.82, 2.24) is 30.0 Å². The van der Waals surface area contributed by atoms with E-state index in [0.717, 1.165) is 55.1 Å². The van der Waals surface area contributed by atoms with Gasteiger partial charge in [-0.25, -0.2) is 14.8 Å². The van der Waals surface area contributed by atoms with Gasteiger partial charge in [0.25, 0.3) is 5.91 Å². The number of rotatable bonds is 11. The number of halogens is 6. The van der Waals surface area contributed by atoms with Gasteiger partial charge in [-0.2, -0.15) is 26.3 Å². The summed E-state index contributed by atoms with van der Waals surface area (Å²) in [5, 5.41) is 22.3. The molecule has 3 atom stereocenters. The SMILES string of the molecule is C[C@@H](OCC12CCC(CC1)OC2)[C@H](NC(=O)[C@@H]1CN(C(=O)c2cnc(O)cn2)CC12CN(C(=O)C1(C(F)(F)F)CC1)C2)C(=O)N1CCC(c2ccc(C(F)(F)F)cc2C(=O)O)CC1. The van der Waals surface area contributed by atoms with E-state index in [-0.39, 0.29) is 94.3 Å². The lowest BCUT2D eigenvalue weighted by atomic mass is 9.70. The molecule has 0 unspecified atom stereocenters. The van der Waals surface area contributed by atoms with Crippen LogP contribution in [0.25, 0.3) is 0 Å². The molecule has 9 rings (SSSR count). The van der Waals surface area contributed by atoms with Crippen LogP contribution in [0.3, 0.4) is 0 Å². The zero-order valence-electron chi connectivity index (χ0n) is 34.3. The molecule has 63 heavy (non-hydrogen) atoms. The largest absolute Gasteiger partial charge is 0.492 e. The van der Waals surface area contributed by atoms with E-state index >= 15 is 0 Å². The average Bonchev–Trinajstić information content (AvgIpc) is 3.98. The minimum atomic E-state index is -4.77. The lowest BCUT2D eigenvalue weighted by molar-refractivity contribution is -0.205. The Kier molecular flexibility index (Phi) is 11.4. The maximum absolute atomic E-state index is 14.6. The lowest BCUT2D eigenvalue weighted by Gasteiger charge is -2.51. The highest BCUT2D eigenvalue weighted by molar-refractivity contribution is 5.95. The van der Waals surface area contributed by atoms with Crippen LogP contribution in [0, 0.1) is 22.2 Å². The van der Waals surface area contributed by atoms with E-state index in [0.29, 0.717) is 12.7 Å². The van der Waals surface area contributed by atoms with Crippen molar-refractivity contribution in [2.45, 2.75) is 94.8 Å². The first-order chi connectivity index (χ1) is 29.6. The highest BCUT2D eigenvalue weighted by Crippen LogP contribution is 2.60. The molecule has 1 spiro atoms. The second-order valence-electron chi connectivity index (χ2n) is 18.3. The number of carboxylic acids is 1. The first-order valence-electron chi connectivity index (χ1n) is 21.1.